The molecule has 1 heterocycles. The monoisotopic (exact) mass is 526 g/mol. The van der Waals surface area contributed by atoms with E-state index in [4.69, 9.17) is 34.5 Å². The van der Waals surface area contributed by atoms with Gasteiger partial charge in [0.1, 0.15) is 0 Å². The van der Waals surface area contributed by atoms with Crippen LogP contribution < -0.4 is 28.3 Å². The van der Waals surface area contributed by atoms with Gasteiger partial charge in [-0.05, 0) is 49.8 Å². The van der Waals surface area contributed by atoms with Crippen molar-refractivity contribution >= 4 is 72.3 Å². The van der Waals surface area contributed by atoms with Crippen LogP contribution in [0.1, 0.15) is 40.9 Å². The Bertz CT molecular complexity index is 865. The number of benzene rings is 1. The number of nitrogens with zero attached hydrogens (tertiary/aromatic N) is 3. The molecule has 32 heavy (non-hydrogen) atoms. The Hall–Kier alpha value is -2.04. The third-order valence-corrected chi connectivity index (χ3v) is 4.49. The fourth-order valence-corrected chi connectivity index (χ4v) is 2.77. The second kappa shape index (κ2) is 16.6. The van der Waals surface area contributed by atoms with Crippen molar-refractivity contribution in [2.75, 3.05) is 24.6 Å². The number of guanidine groups is 1. The van der Waals surface area contributed by atoms with Gasteiger partial charge in [-0.3, -0.25) is 15.1 Å². The first-order valence-corrected chi connectivity index (χ1v) is 9.76. The Morgan fingerprint density at radius 2 is 1.50 bits per heavy atom. The number of aromatic nitrogens is 2. The molecule has 2 aromatic rings. The molecule has 0 atom stereocenters. The molecule has 0 fully saturated rings. The van der Waals surface area contributed by atoms with Crippen LogP contribution in [0.15, 0.2) is 29.3 Å². The summed E-state index contributed by atoms with van der Waals surface area (Å²) in [5, 5.41) is 2.31. The number of rotatable bonds is 9. The van der Waals surface area contributed by atoms with Crippen molar-refractivity contribution in [2.24, 2.45) is 16.5 Å². The van der Waals surface area contributed by atoms with Crippen molar-refractivity contribution in [1.82, 2.24) is 15.3 Å². The summed E-state index contributed by atoms with van der Waals surface area (Å²) in [7, 11) is 0. The summed E-state index contributed by atoms with van der Waals surface area (Å²) in [5.74, 6) is -0.847. The number of nitrogens with one attached hydrogen (secondary N) is 1. The molecule has 1 amide bonds. The van der Waals surface area contributed by atoms with E-state index in [1.807, 2.05) is 0 Å². The van der Waals surface area contributed by atoms with Gasteiger partial charge in [-0.15, -0.1) is 37.2 Å². The number of carbonyl (C=O) groups is 1. The smallest absolute Gasteiger partial charge is 0.280 e. The van der Waals surface area contributed by atoms with E-state index in [9.17, 15) is 4.79 Å². The van der Waals surface area contributed by atoms with Crippen LogP contribution in [-0.4, -0.2) is 34.9 Å². The van der Waals surface area contributed by atoms with Gasteiger partial charge >= 0.3 is 0 Å². The highest BCUT2D eigenvalue weighted by Gasteiger charge is 2.16. The third-order valence-electron chi connectivity index (χ3n) is 4.21. The SMILES string of the molecule is Cl.Cl.Cl.NCCCc1ccc(CCCCN=C(N)NC(=O)c2nc(Cl)c(N)nc2N)cc1. The van der Waals surface area contributed by atoms with E-state index in [2.05, 4.69) is 44.5 Å². The molecule has 180 valence electrons. The zero-order valence-electron chi connectivity index (χ0n) is 17.4. The van der Waals surface area contributed by atoms with E-state index in [-0.39, 0.29) is 65.7 Å². The summed E-state index contributed by atoms with van der Waals surface area (Å²) in [4.78, 5) is 23.9. The molecule has 9 N–H and O–H groups in total. The van der Waals surface area contributed by atoms with Crippen LogP contribution in [0.25, 0.3) is 0 Å². The minimum Gasteiger partial charge on any atom is -0.382 e. The lowest BCUT2D eigenvalue weighted by Crippen LogP contribution is -2.38. The number of nitrogen functional groups attached to an aromatic ring is 2. The van der Waals surface area contributed by atoms with Crippen LogP contribution in [0.4, 0.5) is 11.6 Å². The zero-order valence-corrected chi connectivity index (χ0v) is 20.6. The van der Waals surface area contributed by atoms with Crippen molar-refractivity contribution in [3.05, 3.63) is 46.2 Å². The number of aliphatic imine (C=N–C) groups is 1. The molecule has 2 rings (SSSR count). The van der Waals surface area contributed by atoms with Crippen LogP contribution in [-0.2, 0) is 12.8 Å². The number of aryl methyl sites for hydroxylation is 2. The van der Waals surface area contributed by atoms with Gasteiger partial charge in [0.2, 0.25) is 0 Å². The maximum absolute atomic E-state index is 12.1. The van der Waals surface area contributed by atoms with Crippen LogP contribution in [0.3, 0.4) is 0 Å². The standard InChI is InChI=1S/C19H27ClN8O.3ClH/c20-15-17(23)27-16(22)14(26-15)18(29)28-19(24)25-11-2-1-4-12-6-8-13(9-7-12)5-3-10-21;;;/h6-9H,1-5,10-11,21H2,(H4,22,23,27)(H3,24,25,28,29);3*1H. The van der Waals surface area contributed by atoms with Crippen molar-refractivity contribution in [2.45, 2.75) is 32.1 Å². The first-order valence-electron chi connectivity index (χ1n) is 9.38. The predicted octanol–water partition coefficient (Wildman–Crippen LogP) is 2.52. The Morgan fingerprint density at radius 3 is 2.06 bits per heavy atom. The largest absolute Gasteiger partial charge is 0.382 e. The average molecular weight is 528 g/mol. The maximum Gasteiger partial charge on any atom is 0.280 e. The molecule has 0 aliphatic carbocycles. The van der Waals surface area contributed by atoms with Gasteiger partial charge in [0.25, 0.3) is 5.91 Å². The lowest BCUT2D eigenvalue weighted by Gasteiger charge is -2.07. The quantitative estimate of drug-likeness (QED) is 0.189. The van der Waals surface area contributed by atoms with E-state index in [1.165, 1.54) is 11.1 Å². The lowest BCUT2D eigenvalue weighted by atomic mass is 10.0. The Morgan fingerprint density at radius 1 is 0.938 bits per heavy atom. The van der Waals surface area contributed by atoms with Crippen LogP contribution in [0.5, 0.6) is 0 Å². The van der Waals surface area contributed by atoms with Gasteiger partial charge in [0, 0.05) is 6.54 Å². The Balaban J connectivity index is 0. The molecular formula is C19H30Cl4N8O. The highest BCUT2D eigenvalue weighted by atomic mass is 35.5. The molecule has 0 bridgehead atoms. The molecule has 1 aromatic carbocycles. The average Bonchev–Trinajstić information content (AvgIpc) is 2.69. The van der Waals surface area contributed by atoms with Gasteiger partial charge in [-0.2, -0.15) is 0 Å². The van der Waals surface area contributed by atoms with Crippen molar-refractivity contribution < 1.29 is 4.79 Å². The Labute approximate surface area is 211 Å². The first-order chi connectivity index (χ1) is 13.9. The van der Waals surface area contributed by atoms with Crippen molar-refractivity contribution in [3.63, 3.8) is 0 Å². The summed E-state index contributed by atoms with van der Waals surface area (Å²) in [6, 6.07) is 8.59. The number of anilines is 2. The molecule has 0 aliphatic heterocycles. The van der Waals surface area contributed by atoms with Crippen molar-refractivity contribution in [1.29, 1.82) is 0 Å². The van der Waals surface area contributed by atoms with E-state index >= 15 is 0 Å². The number of hydrogen-bond donors (Lipinski definition) is 5. The van der Waals surface area contributed by atoms with Crippen LogP contribution in [0.2, 0.25) is 5.15 Å². The highest BCUT2D eigenvalue weighted by molar-refractivity contribution is 6.31. The molecule has 0 unspecified atom stereocenters. The number of hydrogen-bond acceptors (Lipinski definition) is 7. The second-order valence-corrected chi connectivity index (χ2v) is 6.88. The molecule has 0 saturated heterocycles. The number of amides is 1. The van der Waals surface area contributed by atoms with Gasteiger partial charge in [0.05, 0.1) is 0 Å². The molecule has 0 spiro atoms. The first kappa shape index (κ1) is 32.1. The Kier molecular flexibility index (Phi) is 16.6. The molecular weight excluding hydrogens is 498 g/mol. The molecule has 0 aliphatic rings. The summed E-state index contributed by atoms with van der Waals surface area (Å²) >= 11 is 5.77. The molecule has 1 aromatic heterocycles. The maximum atomic E-state index is 12.1. The zero-order chi connectivity index (χ0) is 21.2. The van der Waals surface area contributed by atoms with E-state index in [0.29, 0.717) is 13.1 Å². The third kappa shape index (κ3) is 10.5. The number of carbonyl (C=O) groups excluding carboxylic acids is 1. The van der Waals surface area contributed by atoms with E-state index < -0.39 is 5.91 Å². The van der Waals surface area contributed by atoms with Gasteiger partial charge in [0.15, 0.2) is 28.4 Å². The molecule has 9 nitrogen and oxygen atoms in total. The fraction of sp³-hybridized carbons (Fsp3) is 0.368. The number of nitrogens with two attached hydrogens (primary N) is 4. The lowest BCUT2D eigenvalue weighted by molar-refractivity contribution is 0.0972. The van der Waals surface area contributed by atoms with E-state index in [1.54, 1.807) is 0 Å². The molecule has 13 heteroatoms. The normalized spacial score (nSPS) is 10.4. The highest BCUT2D eigenvalue weighted by Crippen LogP contribution is 2.17. The number of halogens is 4. The summed E-state index contributed by atoms with van der Waals surface area (Å²) < 4.78 is 0. The molecule has 0 radical (unpaired) electrons. The second-order valence-electron chi connectivity index (χ2n) is 6.52. The van der Waals surface area contributed by atoms with Gasteiger partial charge in [-0.1, -0.05) is 35.9 Å². The van der Waals surface area contributed by atoms with Crippen LogP contribution in [0, 0.1) is 0 Å². The summed E-state index contributed by atoms with van der Waals surface area (Å²) in [5.41, 5.74) is 24.8. The topological polar surface area (TPSA) is 171 Å². The van der Waals surface area contributed by atoms with E-state index in [0.717, 1.165) is 32.1 Å². The fourth-order valence-electron chi connectivity index (χ4n) is 2.64. The minimum atomic E-state index is -0.645. The molecule has 0 saturated carbocycles. The summed E-state index contributed by atoms with van der Waals surface area (Å²) in [6.45, 7) is 1.20. The van der Waals surface area contributed by atoms with Gasteiger partial charge < -0.3 is 22.9 Å². The number of unbranched alkanes of at least 4 members (excludes halogenated alkanes) is 1. The van der Waals surface area contributed by atoms with Crippen molar-refractivity contribution in [3.8, 4) is 0 Å². The minimum absolute atomic E-state index is 0. The van der Waals surface area contributed by atoms with Gasteiger partial charge in [-0.25, -0.2) is 9.97 Å². The summed E-state index contributed by atoms with van der Waals surface area (Å²) in [6.07, 6.45) is 4.76. The van der Waals surface area contributed by atoms with Crippen LogP contribution >= 0.6 is 48.8 Å². The predicted molar refractivity (Wildman–Crippen MR) is 138 cm³/mol.